The lowest BCUT2D eigenvalue weighted by Gasteiger charge is -2.29. The minimum Gasteiger partial charge on any atom is -0.393 e. The first-order chi connectivity index (χ1) is 14.2. The average Bonchev–Trinajstić information content (AvgIpc) is 3.27. The van der Waals surface area contributed by atoms with Gasteiger partial charge in [-0.15, -0.1) is 10.2 Å². The van der Waals surface area contributed by atoms with E-state index in [9.17, 15) is 9.90 Å². The normalized spacial score (nSPS) is 15.3. The van der Waals surface area contributed by atoms with Crippen molar-refractivity contribution >= 4 is 11.6 Å². The number of hydrogen-bond donors (Lipinski definition) is 3. The maximum Gasteiger partial charge on any atom is 0.228 e. The number of likely N-dealkylation sites (tertiary alicyclic amines) is 1. The van der Waals surface area contributed by atoms with E-state index in [0.717, 1.165) is 49.3 Å². The molecule has 8 nitrogen and oxygen atoms in total. The molecule has 0 aliphatic carbocycles. The van der Waals surface area contributed by atoms with E-state index in [4.69, 9.17) is 0 Å². The summed E-state index contributed by atoms with van der Waals surface area (Å²) in [5, 5.41) is 26.4. The fourth-order valence-corrected chi connectivity index (χ4v) is 3.48. The third kappa shape index (κ3) is 5.24. The van der Waals surface area contributed by atoms with Crippen molar-refractivity contribution in [3.8, 4) is 11.4 Å². The molecule has 3 N–H and O–H groups in total. The second-order valence-electron chi connectivity index (χ2n) is 7.36. The summed E-state index contributed by atoms with van der Waals surface area (Å²) < 4.78 is 0. The largest absolute Gasteiger partial charge is 0.393 e. The van der Waals surface area contributed by atoms with E-state index in [2.05, 4.69) is 30.8 Å². The number of carbonyl (C=O) groups excluding carboxylic acids is 1. The predicted octanol–water partition coefficient (Wildman–Crippen LogP) is 2.00. The zero-order valence-electron chi connectivity index (χ0n) is 16.1. The van der Waals surface area contributed by atoms with E-state index in [1.165, 1.54) is 5.56 Å². The van der Waals surface area contributed by atoms with Crippen LogP contribution in [0.1, 0.15) is 24.0 Å². The Morgan fingerprint density at radius 3 is 2.41 bits per heavy atom. The van der Waals surface area contributed by atoms with Crippen molar-refractivity contribution < 1.29 is 9.90 Å². The number of anilines is 1. The Labute approximate surface area is 168 Å². The summed E-state index contributed by atoms with van der Waals surface area (Å²) in [6, 6.07) is 15.5. The molecular weight excluding hydrogens is 368 g/mol. The van der Waals surface area contributed by atoms with Gasteiger partial charge in [0, 0.05) is 30.9 Å². The molecule has 0 atom stereocenters. The van der Waals surface area contributed by atoms with Crippen molar-refractivity contribution in [2.24, 2.45) is 0 Å². The highest BCUT2D eigenvalue weighted by Gasteiger charge is 2.16. The second kappa shape index (κ2) is 8.93. The number of nitrogens with zero attached hydrogens (tertiary/aromatic N) is 4. The first-order valence-electron chi connectivity index (χ1n) is 9.78. The number of aliphatic hydroxyl groups is 1. The molecule has 1 aliphatic rings. The molecule has 1 aromatic heterocycles. The molecule has 150 valence electrons. The van der Waals surface area contributed by atoms with Crippen LogP contribution in [0.2, 0.25) is 0 Å². The summed E-state index contributed by atoms with van der Waals surface area (Å²) in [7, 11) is 0. The van der Waals surface area contributed by atoms with Crippen LogP contribution in [0.4, 0.5) is 5.69 Å². The van der Waals surface area contributed by atoms with Gasteiger partial charge in [0.1, 0.15) is 0 Å². The molecule has 2 heterocycles. The molecule has 0 spiro atoms. The quantitative estimate of drug-likeness (QED) is 0.592. The number of hydrogen-bond acceptors (Lipinski definition) is 6. The van der Waals surface area contributed by atoms with Crippen molar-refractivity contribution in [2.75, 3.05) is 18.4 Å². The molecular formula is C21H24N6O2. The minimum absolute atomic E-state index is 0.0601. The highest BCUT2D eigenvalue weighted by molar-refractivity contribution is 5.92. The van der Waals surface area contributed by atoms with Crippen LogP contribution >= 0.6 is 0 Å². The van der Waals surface area contributed by atoms with Gasteiger partial charge in [-0.25, -0.2) is 0 Å². The highest BCUT2D eigenvalue weighted by Crippen LogP contribution is 2.17. The van der Waals surface area contributed by atoms with Crippen molar-refractivity contribution in [1.82, 2.24) is 25.5 Å². The SMILES string of the molecule is O=C(Cc1ccc(-c2nn[nH]n2)cc1)Nc1ccc(CN2CCC(O)CC2)cc1. The van der Waals surface area contributed by atoms with Crippen LogP contribution in [0, 0.1) is 0 Å². The third-order valence-corrected chi connectivity index (χ3v) is 5.12. The molecule has 4 rings (SSSR count). The Morgan fingerprint density at radius 1 is 1.07 bits per heavy atom. The smallest absolute Gasteiger partial charge is 0.228 e. The lowest BCUT2D eigenvalue weighted by atomic mass is 10.1. The number of rotatable bonds is 6. The zero-order chi connectivity index (χ0) is 20.1. The van der Waals surface area contributed by atoms with Gasteiger partial charge >= 0.3 is 0 Å². The van der Waals surface area contributed by atoms with Gasteiger partial charge in [-0.1, -0.05) is 36.4 Å². The van der Waals surface area contributed by atoms with E-state index in [1.807, 2.05) is 48.5 Å². The number of amides is 1. The van der Waals surface area contributed by atoms with Gasteiger partial charge in [-0.3, -0.25) is 9.69 Å². The molecule has 2 aromatic carbocycles. The molecule has 29 heavy (non-hydrogen) atoms. The Hall–Kier alpha value is -3.10. The molecule has 0 bridgehead atoms. The summed E-state index contributed by atoms with van der Waals surface area (Å²) in [4.78, 5) is 14.7. The van der Waals surface area contributed by atoms with E-state index in [1.54, 1.807) is 0 Å². The second-order valence-corrected chi connectivity index (χ2v) is 7.36. The van der Waals surface area contributed by atoms with Crippen LogP contribution in [0.25, 0.3) is 11.4 Å². The summed E-state index contributed by atoms with van der Waals surface area (Å²) in [6.07, 6.45) is 1.82. The lowest BCUT2D eigenvalue weighted by Crippen LogP contribution is -2.35. The number of aromatic amines is 1. The number of benzene rings is 2. The number of tetrazole rings is 1. The molecule has 0 saturated carbocycles. The van der Waals surface area contributed by atoms with Crippen molar-refractivity contribution in [3.63, 3.8) is 0 Å². The van der Waals surface area contributed by atoms with Gasteiger partial charge < -0.3 is 10.4 Å². The average molecular weight is 392 g/mol. The monoisotopic (exact) mass is 392 g/mol. The van der Waals surface area contributed by atoms with Gasteiger partial charge in [0.25, 0.3) is 0 Å². The van der Waals surface area contributed by atoms with Crippen LogP contribution in [-0.2, 0) is 17.8 Å². The Morgan fingerprint density at radius 2 is 1.76 bits per heavy atom. The summed E-state index contributed by atoms with van der Waals surface area (Å²) in [6.45, 7) is 2.71. The summed E-state index contributed by atoms with van der Waals surface area (Å²) in [5.74, 6) is 0.469. The van der Waals surface area contributed by atoms with Crippen LogP contribution < -0.4 is 5.32 Å². The predicted molar refractivity (Wildman–Crippen MR) is 109 cm³/mol. The molecule has 8 heteroatoms. The molecule has 1 fully saturated rings. The van der Waals surface area contributed by atoms with Gasteiger partial charge in [0.2, 0.25) is 11.7 Å². The summed E-state index contributed by atoms with van der Waals surface area (Å²) >= 11 is 0. The summed E-state index contributed by atoms with van der Waals surface area (Å²) in [5.41, 5.74) is 3.76. The van der Waals surface area contributed by atoms with E-state index in [0.29, 0.717) is 12.2 Å². The molecule has 3 aromatic rings. The number of piperidine rings is 1. The Kier molecular flexibility index (Phi) is 5.92. The van der Waals surface area contributed by atoms with E-state index < -0.39 is 0 Å². The molecule has 1 amide bonds. The van der Waals surface area contributed by atoms with Crippen molar-refractivity contribution in [1.29, 1.82) is 0 Å². The van der Waals surface area contributed by atoms with Crippen LogP contribution in [-0.4, -0.2) is 55.7 Å². The van der Waals surface area contributed by atoms with E-state index in [-0.39, 0.29) is 12.0 Å². The fraction of sp³-hybridized carbons (Fsp3) is 0.333. The highest BCUT2D eigenvalue weighted by atomic mass is 16.3. The van der Waals surface area contributed by atoms with Crippen LogP contribution in [0.3, 0.4) is 0 Å². The molecule has 0 unspecified atom stereocenters. The van der Waals surface area contributed by atoms with E-state index >= 15 is 0 Å². The topological polar surface area (TPSA) is 107 Å². The van der Waals surface area contributed by atoms with Crippen LogP contribution in [0.5, 0.6) is 0 Å². The van der Waals surface area contributed by atoms with Gasteiger partial charge in [0.05, 0.1) is 12.5 Å². The first kappa shape index (κ1) is 19.2. The maximum absolute atomic E-state index is 12.3. The molecule has 0 radical (unpaired) electrons. The third-order valence-electron chi connectivity index (χ3n) is 5.12. The Bertz CT molecular complexity index is 917. The van der Waals surface area contributed by atoms with Gasteiger partial charge in [0.15, 0.2) is 0 Å². The zero-order valence-corrected chi connectivity index (χ0v) is 16.1. The van der Waals surface area contributed by atoms with Gasteiger partial charge in [-0.2, -0.15) is 5.21 Å². The maximum atomic E-state index is 12.3. The number of aliphatic hydroxyl groups excluding tert-OH is 1. The standard InChI is InChI=1S/C21H24N6O2/c28-19-9-11-27(12-10-19)14-16-3-7-18(8-4-16)22-20(29)13-15-1-5-17(6-2-15)21-23-25-26-24-21/h1-8,19,28H,9-14H2,(H,22,29)(H,23,24,25,26). The van der Waals surface area contributed by atoms with Crippen LogP contribution in [0.15, 0.2) is 48.5 Å². The first-order valence-corrected chi connectivity index (χ1v) is 9.78. The minimum atomic E-state index is -0.154. The Balaban J connectivity index is 1.28. The number of H-pyrrole nitrogens is 1. The van der Waals surface area contributed by atoms with Crippen molar-refractivity contribution in [2.45, 2.75) is 31.9 Å². The van der Waals surface area contributed by atoms with Crippen molar-refractivity contribution in [3.05, 3.63) is 59.7 Å². The molecule has 1 aliphatic heterocycles. The fourth-order valence-electron chi connectivity index (χ4n) is 3.48. The number of nitrogens with one attached hydrogen (secondary N) is 2. The van der Waals surface area contributed by atoms with Gasteiger partial charge in [-0.05, 0) is 41.3 Å². The molecule has 1 saturated heterocycles. The number of carbonyl (C=O) groups is 1. The number of aromatic nitrogens is 4. The lowest BCUT2D eigenvalue weighted by molar-refractivity contribution is -0.115.